The van der Waals surface area contributed by atoms with Crippen molar-refractivity contribution in [2.24, 2.45) is 5.41 Å². The van der Waals surface area contributed by atoms with Crippen LogP contribution in [0.4, 0.5) is 5.69 Å². The van der Waals surface area contributed by atoms with Gasteiger partial charge in [-0.2, -0.15) is 0 Å². The van der Waals surface area contributed by atoms with Gasteiger partial charge in [0.15, 0.2) is 0 Å². The van der Waals surface area contributed by atoms with E-state index in [1.165, 1.54) is 23.9 Å². The van der Waals surface area contributed by atoms with E-state index in [2.05, 4.69) is 10.6 Å². The maximum Gasteiger partial charge on any atom is 0.269 e. The number of thioether (sulfide) groups is 1. The largest absolute Gasteiger partial charge is 0.384 e. The minimum Gasteiger partial charge on any atom is -0.384 e. The van der Waals surface area contributed by atoms with E-state index in [-0.39, 0.29) is 22.3 Å². The van der Waals surface area contributed by atoms with Crippen LogP contribution in [-0.4, -0.2) is 49.4 Å². The fourth-order valence-electron chi connectivity index (χ4n) is 2.96. The number of ether oxygens (including phenoxy) is 1. The maximum absolute atomic E-state index is 12.4. The van der Waals surface area contributed by atoms with Gasteiger partial charge in [0.2, 0.25) is 5.91 Å². The molecule has 1 atom stereocenters. The summed E-state index contributed by atoms with van der Waals surface area (Å²) in [6.07, 6.45) is 1.95. The highest BCUT2D eigenvalue weighted by Gasteiger charge is 2.33. The van der Waals surface area contributed by atoms with Crippen LogP contribution in [0.25, 0.3) is 0 Å². The van der Waals surface area contributed by atoms with Crippen LogP contribution in [0.2, 0.25) is 0 Å². The first kappa shape index (κ1) is 19.7. The highest BCUT2D eigenvalue weighted by Crippen LogP contribution is 2.29. The second kappa shape index (κ2) is 9.17. The monoisotopic (exact) mass is 367 g/mol. The summed E-state index contributed by atoms with van der Waals surface area (Å²) in [6, 6.07) is 6.25. The molecule has 1 heterocycles. The first-order chi connectivity index (χ1) is 12.0. The van der Waals surface area contributed by atoms with Crippen molar-refractivity contribution in [1.29, 1.82) is 0 Å². The average molecular weight is 367 g/mol. The number of piperidine rings is 1. The fourth-order valence-corrected chi connectivity index (χ4v) is 3.85. The molecule has 1 aromatic rings. The van der Waals surface area contributed by atoms with E-state index in [0.717, 1.165) is 30.8 Å². The molecule has 8 heteroatoms. The zero-order valence-corrected chi connectivity index (χ0v) is 15.4. The summed E-state index contributed by atoms with van der Waals surface area (Å²) in [7, 11) is 1.69. The van der Waals surface area contributed by atoms with E-state index in [0.29, 0.717) is 13.2 Å². The van der Waals surface area contributed by atoms with Gasteiger partial charge in [-0.25, -0.2) is 0 Å². The van der Waals surface area contributed by atoms with Crippen molar-refractivity contribution >= 4 is 23.4 Å². The number of nitrogens with zero attached hydrogens (tertiary/aromatic N) is 1. The summed E-state index contributed by atoms with van der Waals surface area (Å²) in [6.45, 7) is 4.96. The Morgan fingerprint density at radius 2 is 2.04 bits per heavy atom. The fraction of sp³-hybridized carbons (Fsp3) is 0.588. The number of carbonyl (C=O) groups is 1. The normalized spacial score (nSPS) is 17.7. The van der Waals surface area contributed by atoms with Crippen LogP contribution in [0, 0.1) is 15.5 Å². The van der Waals surface area contributed by atoms with Crippen LogP contribution in [0.3, 0.4) is 0 Å². The van der Waals surface area contributed by atoms with E-state index in [4.69, 9.17) is 4.74 Å². The zero-order valence-electron chi connectivity index (χ0n) is 14.6. The van der Waals surface area contributed by atoms with Gasteiger partial charge in [0, 0.05) is 36.1 Å². The molecule has 1 saturated heterocycles. The molecule has 0 aromatic heterocycles. The number of methoxy groups -OCH3 is 1. The summed E-state index contributed by atoms with van der Waals surface area (Å²) in [5, 5.41) is 16.8. The number of rotatable bonds is 8. The SMILES string of the molecule is COCC1(CNC(=O)C(C)Sc2ccc([N+](=O)[O-])cc2)CCNCC1. The molecule has 1 aliphatic heterocycles. The molecule has 1 aliphatic rings. The molecule has 1 aromatic carbocycles. The van der Waals surface area contributed by atoms with E-state index < -0.39 is 4.92 Å². The van der Waals surface area contributed by atoms with Gasteiger partial charge < -0.3 is 15.4 Å². The number of amides is 1. The summed E-state index contributed by atoms with van der Waals surface area (Å²) in [4.78, 5) is 23.5. The lowest BCUT2D eigenvalue weighted by Crippen LogP contribution is -2.48. The van der Waals surface area contributed by atoms with Gasteiger partial charge in [-0.1, -0.05) is 0 Å². The zero-order chi connectivity index (χ0) is 18.3. The number of hydrogen-bond donors (Lipinski definition) is 2. The molecule has 2 rings (SSSR count). The molecule has 7 nitrogen and oxygen atoms in total. The molecule has 0 spiro atoms. The van der Waals surface area contributed by atoms with E-state index in [1.54, 1.807) is 19.2 Å². The first-order valence-corrected chi connectivity index (χ1v) is 9.22. The molecule has 1 amide bonds. The van der Waals surface area contributed by atoms with Gasteiger partial charge in [-0.15, -0.1) is 11.8 Å². The van der Waals surface area contributed by atoms with Crippen molar-refractivity contribution in [3.63, 3.8) is 0 Å². The molecule has 1 fully saturated rings. The Morgan fingerprint density at radius 3 is 2.60 bits per heavy atom. The molecule has 25 heavy (non-hydrogen) atoms. The lowest BCUT2D eigenvalue weighted by atomic mass is 9.79. The molecule has 1 unspecified atom stereocenters. The third kappa shape index (κ3) is 5.69. The van der Waals surface area contributed by atoms with Crippen LogP contribution >= 0.6 is 11.8 Å². The summed E-state index contributed by atoms with van der Waals surface area (Å²) >= 11 is 1.39. The second-order valence-corrected chi connectivity index (χ2v) is 7.83. The van der Waals surface area contributed by atoms with Crippen LogP contribution in [0.5, 0.6) is 0 Å². The Bertz CT molecular complexity index is 583. The van der Waals surface area contributed by atoms with Crippen molar-refractivity contribution < 1.29 is 14.5 Å². The average Bonchev–Trinajstić information content (AvgIpc) is 2.61. The molecular weight excluding hydrogens is 342 g/mol. The van der Waals surface area contributed by atoms with Gasteiger partial charge in [0.1, 0.15) is 0 Å². The lowest BCUT2D eigenvalue weighted by molar-refractivity contribution is -0.384. The topological polar surface area (TPSA) is 93.5 Å². The molecule has 0 bridgehead atoms. The predicted molar refractivity (Wildman–Crippen MR) is 97.8 cm³/mol. The number of nitro benzene ring substituents is 1. The van der Waals surface area contributed by atoms with Crippen LogP contribution in [-0.2, 0) is 9.53 Å². The van der Waals surface area contributed by atoms with Gasteiger partial charge in [0.25, 0.3) is 5.69 Å². The van der Waals surface area contributed by atoms with E-state index >= 15 is 0 Å². The molecule has 0 aliphatic carbocycles. The minimum absolute atomic E-state index is 0.00654. The molecule has 138 valence electrons. The number of benzene rings is 1. The summed E-state index contributed by atoms with van der Waals surface area (Å²) in [5.41, 5.74) is 0.0433. The quantitative estimate of drug-likeness (QED) is 0.416. The highest BCUT2D eigenvalue weighted by atomic mass is 32.2. The smallest absolute Gasteiger partial charge is 0.269 e. The van der Waals surface area contributed by atoms with Gasteiger partial charge in [-0.3, -0.25) is 14.9 Å². The van der Waals surface area contributed by atoms with Crippen molar-refractivity contribution in [2.45, 2.75) is 29.9 Å². The number of nitrogens with one attached hydrogen (secondary N) is 2. The number of hydrogen-bond acceptors (Lipinski definition) is 6. The molecule has 0 radical (unpaired) electrons. The minimum atomic E-state index is -0.432. The van der Waals surface area contributed by atoms with E-state index in [9.17, 15) is 14.9 Å². The van der Waals surface area contributed by atoms with Crippen molar-refractivity contribution in [3.05, 3.63) is 34.4 Å². The van der Waals surface area contributed by atoms with E-state index in [1.807, 2.05) is 6.92 Å². The number of non-ortho nitro benzene ring substituents is 1. The molecular formula is C17H25N3O4S. The van der Waals surface area contributed by atoms with Crippen LogP contribution in [0.15, 0.2) is 29.2 Å². The Hall–Kier alpha value is -1.64. The summed E-state index contributed by atoms with van der Waals surface area (Å²) in [5.74, 6) is -0.0302. The third-order valence-electron chi connectivity index (χ3n) is 4.48. The van der Waals surface area contributed by atoms with Crippen LogP contribution in [0.1, 0.15) is 19.8 Å². The molecule has 0 saturated carbocycles. The van der Waals surface area contributed by atoms with Gasteiger partial charge >= 0.3 is 0 Å². The maximum atomic E-state index is 12.4. The Labute approximate surface area is 152 Å². The van der Waals surface area contributed by atoms with Crippen molar-refractivity contribution in [2.75, 3.05) is 33.4 Å². The van der Waals surface area contributed by atoms with Crippen molar-refractivity contribution in [3.8, 4) is 0 Å². The summed E-state index contributed by atoms with van der Waals surface area (Å²) < 4.78 is 5.36. The Balaban J connectivity index is 1.87. The van der Waals surface area contributed by atoms with Gasteiger partial charge in [0.05, 0.1) is 16.8 Å². The highest BCUT2D eigenvalue weighted by molar-refractivity contribution is 8.00. The third-order valence-corrected chi connectivity index (χ3v) is 5.59. The standard InChI is InChI=1S/C17H25N3O4S/c1-13(25-15-5-3-14(4-6-15)20(22)23)16(21)19-11-17(12-24-2)7-9-18-10-8-17/h3-6,13,18H,7-12H2,1-2H3,(H,19,21). The Kier molecular flexibility index (Phi) is 7.22. The first-order valence-electron chi connectivity index (χ1n) is 8.34. The molecule has 2 N–H and O–H groups in total. The predicted octanol–water partition coefficient (Wildman–Crippen LogP) is 2.21. The lowest BCUT2D eigenvalue weighted by Gasteiger charge is -2.37. The van der Waals surface area contributed by atoms with Crippen molar-refractivity contribution in [1.82, 2.24) is 10.6 Å². The van der Waals surface area contributed by atoms with Crippen LogP contribution < -0.4 is 10.6 Å². The number of nitro groups is 1. The number of carbonyl (C=O) groups excluding carboxylic acids is 1. The Morgan fingerprint density at radius 1 is 1.40 bits per heavy atom. The van der Waals surface area contributed by atoms with Gasteiger partial charge in [-0.05, 0) is 45.0 Å². The second-order valence-electron chi connectivity index (χ2n) is 6.41.